The van der Waals surface area contributed by atoms with Gasteiger partial charge in [-0.1, -0.05) is 47.5 Å². The second-order valence-electron chi connectivity index (χ2n) is 5.21. The van der Waals surface area contributed by atoms with Gasteiger partial charge in [-0.25, -0.2) is 0 Å². The van der Waals surface area contributed by atoms with Crippen molar-refractivity contribution in [3.05, 3.63) is 69.8 Å². The summed E-state index contributed by atoms with van der Waals surface area (Å²) in [5.74, 6) is -0.829. The molecule has 1 N–H and O–H groups in total. The molecule has 0 atom stereocenters. The van der Waals surface area contributed by atoms with Gasteiger partial charge >= 0.3 is 5.97 Å². The van der Waals surface area contributed by atoms with Crippen LogP contribution in [0.1, 0.15) is 15.9 Å². The minimum atomic E-state index is -0.557. The molecule has 3 rings (SSSR count). The highest BCUT2D eigenvalue weighted by molar-refractivity contribution is 6.36. The van der Waals surface area contributed by atoms with Crippen molar-refractivity contribution in [1.29, 1.82) is 0 Å². The van der Waals surface area contributed by atoms with Crippen molar-refractivity contribution in [2.75, 3.05) is 6.61 Å². The summed E-state index contributed by atoms with van der Waals surface area (Å²) in [5.41, 5.74) is 1.84. The van der Waals surface area contributed by atoms with Gasteiger partial charge in [-0.3, -0.25) is 9.59 Å². The van der Waals surface area contributed by atoms with Crippen LogP contribution in [0.2, 0.25) is 10.0 Å². The Balaban J connectivity index is 1.65. The number of Topliss-reactive ketones (excluding diaryl/α,β-unsaturated/α-hetero) is 1. The lowest BCUT2D eigenvalue weighted by molar-refractivity contribution is -0.141. The second kappa shape index (κ2) is 7.07. The molecule has 0 radical (unpaired) electrons. The first kappa shape index (κ1) is 16.6. The number of nitrogens with one attached hydrogen (secondary N) is 1. The monoisotopic (exact) mass is 361 g/mol. The van der Waals surface area contributed by atoms with Gasteiger partial charge in [0, 0.05) is 38.3 Å². The molecule has 2 aromatic carbocycles. The van der Waals surface area contributed by atoms with Gasteiger partial charge in [0.05, 0.1) is 6.42 Å². The normalized spacial score (nSPS) is 10.8. The fourth-order valence-corrected chi connectivity index (χ4v) is 2.95. The Morgan fingerprint density at radius 3 is 2.46 bits per heavy atom. The van der Waals surface area contributed by atoms with Crippen molar-refractivity contribution in [1.82, 2.24) is 4.98 Å². The van der Waals surface area contributed by atoms with Crippen molar-refractivity contribution in [2.45, 2.75) is 6.42 Å². The fourth-order valence-electron chi connectivity index (χ4n) is 2.42. The Morgan fingerprint density at radius 2 is 1.71 bits per heavy atom. The fraction of sp³-hybridized carbons (Fsp3) is 0.111. The van der Waals surface area contributed by atoms with Crippen LogP contribution < -0.4 is 0 Å². The minimum absolute atomic E-state index is 0.0837. The first-order valence-corrected chi connectivity index (χ1v) is 7.99. The quantitative estimate of drug-likeness (QED) is 0.539. The number of fused-ring (bicyclic) bond motifs is 1. The van der Waals surface area contributed by atoms with E-state index in [1.165, 1.54) is 0 Å². The molecule has 1 aromatic heterocycles. The predicted molar refractivity (Wildman–Crippen MR) is 93.8 cm³/mol. The molecule has 0 aliphatic rings. The highest BCUT2D eigenvalue weighted by Crippen LogP contribution is 2.25. The van der Waals surface area contributed by atoms with Crippen LogP contribution in [0.15, 0.2) is 48.7 Å². The van der Waals surface area contributed by atoms with Crippen LogP contribution in [0.4, 0.5) is 0 Å². The number of ether oxygens (including phenoxy) is 1. The SMILES string of the molecule is O=C(Cc1c(Cl)cccc1Cl)OCC(=O)c1c[nH]c2ccccc12. The molecule has 0 fully saturated rings. The number of ketones is 1. The first-order chi connectivity index (χ1) is 11.6. The lowest BCUT2D eigenvalue weighted by atomic mass is 10.1. The number of hydrogen-bond donors (Lipinski definition) is 1. The van der Waals surface area contributed by atoms with Crippen LogP contribution in [0.25, 0.3) is 10.9 Å². The van der Waals surface area contributed by atoms with Crippen LogP contribution in [0.5, 0.6) is 0 Å². The van der Waals surface area contributed by atoms with Crippen molar-refractivity contribution < 1.29 is 14.3 Å². The number of para-hydroxylation sites is 1. The van der Waals surface area contributed by atoms with Gasteiger partial charge in [0.2, 0.25) is 5.78 Å². The van der Waals surface area contributed by atoms with Gasteiger partial charge in [0.15, 0.2) is 6.61 Å². The van der Waals surface area contributed by atoms with Crippen LogP contribution in [-0.2, 0) is 16.0 Å². The Hall–Kier alpha value is -2.30. The number of carbonyl (C=O) groups is 2. The molecule has 0 spiro atoms. The van der Waals surface area contributed by atoms with Gasteiger partial charge in [0.25, 0.3) is 0 Å². The van der Waals surface area contributed by atoms with E-state index in [4.69, 9.17) is 27.9 Å². The van der Waals surface area contributed by atoms with E-state index >= 15 is 0 Å². The van der Waals surface area contributed by atoms with E-state index in [0.717, 1.165) is 10.9 Å². The summed E-state index contributed by atoms with van der Waals surface area (Å²) < 4.78 is 5.07. The van der Waals surface area contributed by atoms with E-state index in [2.05, 4.69) is 4.98 Å². The summed E-state index contributed by atoms with van der Waals surface area (Å²) in [6.07, 6.45) is 1.53. The highest BCUT2D eigenvalue weighted by Gasteiger charge is 2.16. The highest BCUT2D eigenvalue weighted by atomic mass is 35.5. The van der Waals surface area contributed by atoms with Gasteiger partial charge in [-0.2, -0.15) is 0 Å². The van der Waals surface area contributed by atoms with Crippen molar-refractivity contribution in [3.63, 3.8) is 0 Å². The number of hydrogen-bond acceptors (Lipinski definition) is 3. The van der Waals surface area contributed by atoms with E-state index in [9.17, 15) is 9.59 Å². The summed E-state index contributed by atoms with van der Waals surface area (Å²) in [7, 11) is 0. The standard InChI is InChI=1S/C18H13Cl2NO3/c19-14-5-3-6-15(20)12(14)8-18(23)24-10-17(22)13-9-21-16-7-2-1-4-11(13)16/h1-7,9,21H,8,10H2. The Labute approximate surface area is 148 Å². The zero-order chi connectivity index (χ0) is 17.1. The van der Waals surface area contributed by atoms with E-state index in [1.54, 1.807) is 24.4 Å². The number of H-pyrrole nitrogens is 1. The lowest BCUT2D eigenvalue weighted by Gasteiger charge is -2.07. The van der Waals surface area contributed by atoms with Gasteiger partial charge in [-0.15, -0.1) is 0 Å². The third-order valence-corrected chi connectivity index (χ3v) is 4.34. The molecule has 0 unspecified atom stereocenters. The smallest absolute Gasteiger partial charge is 0.310 e. The maximum atomic E-state index is 12.3. The molecule has 0 bridgehead atoms. The molecule has 0 saturated heterocycles. The van der Waals surface area contributed by atoms with Gasteiger partial charge in [-0.05, 0) is 18.2 Å². The van der Waals surface area contributed by atoms with Crippen LogP contribution >= 0.6 is 23.2 Å². The number of esters is 1. The van der Waals surface area contributed by atoms with Crippen LogP contribution in [-0.4, -0.2) is 23.3 Å². The van der Waals surface area contributed by atoms with Gasteiger partial charge in [0.1, 0.15) is 0 Å². The molecular weight excluding hydrogens is 349 g/mol. The number of rotatable bonds is 5. The molecule has 4 nitrogen and oxygen atoms in total. The first-order valence-electron chi connectivity index (χ1n) is 7.24. The second-order valence-corrected chi connectivity index (χ2v) is 6.02. The summed E-state index contributed by atoms with van der Waals surface area (Å²) in [6.45, 7) is -0.331. The minimum Gasteiger partial charge on any atom is -0.457 e. The van der Waals surface area contributed by atoms with Crippen molar-refractivity contribution in [2.24, 2.45) is 0 Å². The molecule has 3 aromatic rings. The number of aromatic amines is 1. The average Bonchev–Trinajstić information content (AvgIpc) is 3.00. The third-order valence-electron chi connectivity index (χ3n) is 3.64. The van der Waals surface area contributed by atoms with Crippen molar-refractivity contribution in [3.8, 4) is 0 Å². The molecular formula is C18H13Cl2NO3. The molecule has 0 amide bonds. The zero-order valence-corrected chi connectivity index (χ0v) is 14.0. The number of aromatic nitrogens is 1. The third kappa shape index (κ3) is 3.45. The van der Waals surface area contributed by atoms with E-state index < -0.39 is 5.97 Å². The van der Waals surface area contributed by atoms with Gasteiger partial charge < -0.3 is 9.72 Å². The molecule has 0 aliphatic heterocycles. The molecule has 6 heteroatoms. The molecule has 1 heterocycles. The Morgan fingerprint density at radius 1 is 1.00 bits per heavy atom. The summed E-state index contributed by atoms with van der Waals surface area (Å²) in [5, 5.41) is 1.58. The number of benzene rings is 2. The molecule has 24 heavy (non-hydrogen) atoms. The maximum absolute atomic E-state index is 12.3. The summed E-state index contributed by atoms with van der Waals surface area (Å²) >= 11 is 12.0. The van der Waals surface area contributed by atoms with Crippen LogP contribution in [0.3, 0.4) is 0 Å². The summed E-state index contributed by atoms with van der Waals surface area (Å²) in [4.78, 5) is 27.2. The molecule has 122 valence electrons. The largest absolute Gasteiger partial charge is 0.457 e. The van der Waals surface area contributed by atoms with E-state index in [1.807, 2.05) is 24.3 Å². The Kier molecular flexibility index (Phi) is 4.88. The number of halogens is 2. The Bertz CT molecular complexity index is 897. The number of carbonyl (C=O) groups excluding carboxylic acids is 2. The molecule has 0 aliphatic carbocycles. The molecule has 0 saturated carbocycles. The predicted octanol–water partition coefficient (Wildman–Crippen LogP) is 4.44. The van der Waals surface area contributed by atoms with Crippen LogP contribution in [0, 0.1) is 0 Å². The lowest BCUT2D eigenvalue weighted by Crippen LogP contribution is -2.15. The maximum Gasteiger partial charge on any atom is 0.310 e. The summed E-state index contributed by atoms with van der Waals surface area (Å²) in [6, 6.07) is 12.4. The zero-order valence-electron chi connectivity index (χ0n) is 12.5. The topological polar surface area (TPSA) is 59.2 Å². The average molecular weight is 362 g/mol. The van der Waals surface area contributed by atoms with E-state index in [-0.39, 0.29) is 18.8 Å². The van der Waals surface area contributed by atoms with E-state index in [0.29, 0.717) is 21.2 Å². The van der Waals surface area contributed by atoms with Crippen molar-refractivity contribution >= 4 is 45.9 Å².